The van der Waals surface area contributed by atoms with E-state index < -0.39 is 0 Å². The first kappa shape index (κ1) is 13.6. The van der Waals surface area contributed by atoms with Crippen molar-refractivity contribution in [1.29, 1.82) is 0 Å². The summed E-state index contributed by atoms with van der Waals surface area (Å²) in [6.45, 7) is 4.51. The molecular weight excluding hydrogens is 264 g/mol. The van der Waals surface area contributed by atoms with Crippen molar-refractivity contribution in [2.75, 3.05) is 0 Å². The largest absolute Gasteiger partial charge is 0.487 e. The Bertz CT molecular complexity index is 579. The fourth-order valence-corrected chi connectivity index (χ4v) is 1.98. The van der Waals surface area contributed by atoms with Crippen LogP contribution < -0.4 is 4.74 Å². The standard InChI is InChI=1S/C14H15ClN2O2/c1-10(2)17-9-16-6-13(17)8-19-14-4-3-12(15)5-11(14)7-18/h3-7,9-10H,8H2,1-2H3. The van der Waals surface area contributed by atoms with E-state index in [4.69, 9.17) is 16.3 Å². The average Bonchev–Trinajstić information content (AvgIpc) is 2.85. The monoisotopic (exact) mass is 278 g/mol. The van der Waals surface area contributed by atoms with Crippen molar-refractivity contribution < 1.29 is 9.53 Å². The molecule has 0 N–H and O–H groups in total. The Morgan fingerprint density at radius 3 is 2.95 bits per heavy atom. The number of nitrogens with zero attached hydrogens (tertiary/aromatic N) is 2. The lowest BCUT2D eigenvalue weighted by Gasteiger charge is -2.13. The number of aromatic nitrogens is 2. The molecule has 0 saturated carbocycles. The fraction of sp³-hybridized carbons (Fsp3) is 0.286. The summed E-state index contributed by atoms with van der Waals surface area (Å²) in [5.74, 6) is 0.524. The number of halogens is 1. The van der Waals surface area contributed by atoms with E-state index in [-0.39, 0.29) is 0 Å². The van der Waals surface area contributed by atoms with Crippen molar-refractivity contribution >= 4 is 17.9 Å². The third-order valence-electron chi connectivity index (χ3n) is 2.78. The van der Waals surface area contributed by atoms with Gasteiger partial charge in [0, 0.05) is 11.1 Å². The second-order valence-electron chi connectivity index (χ2n) is 4.47. The molecule has 2 rings (SSSR count). The van der Waals surface area contributed by atoms with Crippen LogP contribution in [0.3, 0.4) is 0 Å². The van der Waals surface area contributed by atoms with Crippen LogP contribution in [-0.2, 0) is 6.61 Å². The van der Waals surface area contributed by atoms with Gasteiger partial charge < -0.3 is 9.30 Å². The van der Waals surface area contributed by atoms with Gasteiger partial charge in [0.05, 0.1) is 23.8 Å². The zero-order chi connectivity index (χ0) is 13.8. The third-order valence-corrected chi connectivity index (χ3v) is 3.01. The van der Waals surface area contributed by atoms with Gasteiger partial charge in [-0.3, -0.25) is 4.79 Å². The fourth-order valence-electron chi connectivity index (χ4n) is 1.80. The molecule has 2 aromatic rings. The Kier molecular flexibility index (Phi) is 4.22. The summed E-state index contributed by atoms with van der Waals surface area (Å²) < 4.78 is 7.69. The van der Waals surface area contributed by atoms with Crippen LogP contribution in [0.1, 0.15) is 35.9 Å². The van der Waals surface area contributed by atoms with Gasteiger partial charge in [0.15, 0.2) is 6.29 Å². The number of rotatable bonds is 5. The number of ether oxygens (including phenoxy) is 1. The van der Waals surface area contributed by atoms with Gasteiger partial charge in [0.2, 0.25) is 0 Å². The normalized spacial score (nSPS) is 10.7. The van der Waals surface area contributed by atoms with E-state index >= 15 is 0 Å². The Labute approximate surface area is 117 Å². The first-order chi connectivity index (χ1) is 9.11. The van der Waals surface area contributed by atoms with Crippen LogP contribution in [0.2, 0.25) is 5.02 Å². The van der Waals surface area contributed by atoms with Gasteiger partial charge in [-0.1, -0.05) is 11.6 Å². The molecule has 0 aliphatic heterocycles. The number of hydrogen-bond donors (Lipinski definition) is 0. The topological polar surface area (TPSA) is 44.1 Å². The van der Waals surface area contributed by atoms with Gasteiger partial charge in [-0.25, -0.2) is 4.98 Å². The smallest absolute Gasteiger partial charge is 0.153 e. The molecule has 0 fully saturated rings. The summed E-state index contributed by atoms with van der Waals surface area (Å²) >= 11 is 5.83. The van der Waals surface area contributed by atoms with E-state index in [1.807, 2.05) is 4.57 Å². The number of carbonyl (C=O) groups excluding carboxylic acids is 1. The minimum atomic E-state index is 0.317. The highest BCUT2D eigenvalue weighted by Gasteiger charge is 2.08. The number of aldehydes is 1. The molecule has 0 radical (unpaired) electrons. The second kappa shape index (κ2) is 5.89. The lowest BCUT2D eigenvalue weighted by molar-refractivity contribution is 0.111. The van der Waals surface area contributed by atoms with Crippen molar-refractivity contribution in [1.82, 2.24) is 9.55 Å². The quantitative estimate of drug-likeness (QED) is 0.786. The van der Waals surface area contributed by atoms with Crippen molar-refractivity contribution in [3.05, 3.63) is 47.0 Å². The molecule has 100 valence electrons. The molecule has 19 heavy (non-hydrogen) atoms. The molecule has 0 aliphatic rings. The Morgan fingerprint density at radius 1 is 1.47 bits per heavy atom. The molecule has 0 bridgehead atoms. The van der Waals surface area contributed by atoms with Gasteiger partial charge in [0.25, 0.3) is 0 Å². The Morgan fingerprint density at radius 2 is 2.26 bits per heavy atom. The number of benzene rings is 1. The van der Waals surface area contributed by atoms with E-state index in [0.29, 0.717) is 29.0 Å². The maximum Gasteiger partial charge on any atom is 0.153 e. The van der Waals surface area contributed by atoms with Gasteiger partial charge in [0.1, 0.15) is 12.4 Å². The summed E-state index contributed by atoms with van der Waals surface area (Å²) in [5.41, 5.74) is 1.41. The molecule has 5 heteroatoms. The Hall–Kier alpha value is -1.81. The molecule has 0 spiro atoms. The number of carbonyl (C=O) groups is 1. The van der Waals surface area contributed by atoms with E-state index in [1.165, 1.54) is 0 Å². The molecule has 0 amide bonds. The maximum absolute atomic E-state index is 11.0. The number of imidazole rings is 1. The predicted molar refractivity (Wildman–Crippen MR) is 73.8 cm³/mol. The van der Waals surface area contributed by atoms with Crippen LogP contribution >= 0.6 is 11.6 Å². The van der Waals surface area contributed by atoms with E-state index in [9.17, 15) is 4.79 Å². The van der Waals surface area contributed by atoms with Crippen LogP contribution in [0, 0.1) is 0 Å². The highest BCUT2D eigenvalue weighted by molar-refractivity contribution is 6.30. The van der Waals surface area contributed by atoms with Crippen LogP contribution in [-0.4, -0.2) is 15.8 Å². The van der Waals surface area contributed by atoms with Crippen molar-refractivity contribution in [2.45, 2.75) is 26.5 Å². The number of hydrogen-bond acceptors (Lipinski definition) is 3. The minimum absolute atomic E-state index is 0.317. The van der Waals surface area contributed by atoms with Crippen LogP contribution in [0.5, 0.6) is 5.75 Å². The first-order valence-electron chi connectivity index (χ1n) is 6.00. The summed E-state index contributed by atoms with van der Waals surface area (Å²) in [4.78, 5) is 15.1. The van der Waals surface area contributed by atoms with Gasteiger partial charge in [-0.05, 0) is 32.0 Å². The molecule has 0 atom stereocenters. The Balaban J connectivity index is 2.14. The molecule has 0 saturated heterocycles. The predicted octanol–water partition coefficient (Wildman–Crippen LogP) is 3.51. The molecule has 0 unspecified atom stereocenters. The molecule has 4 nitrogen and oxygen atoms in total. The van der Waals surface area contributed by atoms with Crippen molar-refractivity contribution in [3.8, 4) is 5.75 Å². The van der Waals surface area contributed by atoms with E-state index in [0.717, 1.165) is 12.0 Å². The maximum atomic E-state index is 11.0. The molecular formula is C14H15ClN2O2. The minimum Gasteiger partial charge on any atom is -0.487 e. The SMILES string of the molecule is CC(C)n1cncc1COc1ccc(Cl)cc1C=O. The lowest BCUT2D eigenvalue weighted by Crippen LogP contribution is -2.07. The summed E-state index contributed by atoms with van der Waals surface area (Å²) in [6.07, 6.45) is 4.27. The molecule has 1 aromatic carbocycles. The lowest BCUT2D eigenvalue weighted by atomic mass is 10.2. The van der Waals surface area contributed by atoms with Crippen molar-refractivity contribution in [3.63, 3.8) is 0 Å². The van der Waals surface area contributed by atoms with Crippen molar-refractivity contribution in [2.24, 2.45) is 0 Å². The second-order valence-corrected chi connectivity index (χ2v) is 4.91. The van der Waals surface area contributed by atoms with Gasteiger partial charge in [-0.2, -0.15) is 0 Å². The van der Waals surface area contributed by atoms with Crippen LogP contribution in [0.25, 0.3) is 0 Å². The first-order valence-corrected chi connectivity index (χ1v) is 6.38. The van der Waals surface area contributed by atoms with Gasteiger partial charge >= 0.3 is 0 Å². The average molecular weight is 279 g/mol. The highest BCUT2D eigenvalue weighted by Crippen LogP contribution is 2.22. The van der Waals surface area contributed by atoms with E-state index in [2.05, 4.69) is 18.8 Å². The third kappa shape index (κ3) is 3.15. The summed E-state index contributed by atoms with van der Waals surface area (Å²) in [5, 5.41) is 0.515. The highest BCUT2D eigenvalue weighted by atomic mass is 35.5. The van der Waals surface area contributed by atoms with Crippen LogP contribution in [0.4, 0.5) is 0 Å². The molecule has 0 aliphatic carbocycles. The summed E-state index contributed by atoms with van der Waals surface area (Å²) in [6, 6.07) is 5.30. The van der Waals surface area contributed by atoms with E-state index in [1.54, 1.807) is 30.7 Å². The molecule has 1 aromatic heterocycles. The van der Waals surface area contributed by atoms with Gasteiger partial charge in [-0.15, -0.1) is 0 Å². The molecule has 1 heterocycles. The zero-order valence-electron chi connectivity index (χ0n) is 10.8. The van der Waals surface area contributed by atoms with Crippen LogP contribution in [0.15, 0.2) is 30.7 Å². The zero-order valence-corrected chi connectivity index (χ0v) is 11.6. The summed E-state index contributed by atoms with van der Waals surface area (Å²) in [7, 11) is 0.